The Morgan fingerprint density at radius 3 is 2.92 bits per heavy atom. The van der Waals surface area contributed by atoms with Crippen LogP contribution >= 0.6 is 11.3 Å². The zero-order valence-electron chi connectivity index (χ0n) is 7.33. The molecule has 0 aliphatic carbocycles. The lowest BCUT2D eigenvalue weighted by atomic mass is 10.2. The molecule has 1 amide bonds. The van der Waals surface area contributed by atoms with Crippen LogP contribution < -0.4 is 5.32 Å². The van der Waals surface area contributed by atoms with Crippen LogP contribution in [-0.4, -0.2) is 12.5 Å². The minimum absolute atomic E-state index is 0.0405. The number of nitrogens with one attached hydrogen (secondary N) is 1. The maximum Gasteiger partial charge on any atom is 0.261 e. The van der Waals surface area contributed by atoms with Crippen LogP contribution in [0.2, 0.25) is 0 Å². The fraction of sp³-hybridized carbons (Fsp3) is 0.444. The van der Waals surface area contributed by atoms with Crippen molar-refractivity contribution >= 4 is 17.2 Å². The molecule has 0 aliphatic heterocycles. The third kappa shape index (κ3) is 2.66. The Hall–Kier alpha value is -0.830. The number of carbonyl (C=O) groups is 1. The van der Waals surface area contributed by atoms with Gasteiger partial charge in [0.1, 0.15) is 0 Å². The van der Waals surface area contributed by atoms with E-state index in [0.29, 0.717) is 5.92 Å². The standard InChI is InChI=1S/C9H13NOS/c1-7(2)6-10-9(11)8-4-3-5-12-8/h3-5,7H,6H2,1-2H3,(H,10,11). The van der Waals surface area contributed by atoms with E-state index >= 15 is 0 Å². The zero-order valence-corrected chi connectivity index (χ0v) is 8.15. The molecule has 1 heterocycles. The number of carbonyl (C=O) groups excluding carboxylic acids is 1. The predicted molar refractivity (Wildman–Crippen MR) is 51.5 cm³/mol. The summed E-state index contributed by atoms with van der Waals surface area (Å²) in [6.07, 6.45) is 0. The van der Waals surface area contributed by atoms with Gasteiger partial charge in [-0.25, -0.2) is 0 Å². The van der Waals surface area contributed by atoms with E-state index in [-0.39, 0.29) is 5.91 Å². The summed E-state index contributed by atoms with van der Waals surface area (Å²) < 4.78 is 0. The summed E-state index contributed by atoms with van der Waals surface area (Å²) in [7, 11) is 0. The molecule has 66 valence electrons. The Morgan fingerprint density at radius 1 is 1.67 bits per heavy atom. The van der Waals surface area contributed by atoms with Gasteiger partial charge in [0, 0.05) is 6.54 Å². The van der Waals surface area contributed by atoms with E-state index in [0.717, 1.165) is 11.4 Å². The molecule has 1 N–H and O–H groups in total. The van der Waals surface area contributed by atoms with Crippen molar-refractivity contribution < 1.29 is 4.79 Å². The lowest BCUT2D eigenvalue weighted by molar-refractivity contribution is 0.0953. The molecule has 3 heteroatoms. The Balaban J connectivity index is 2.40. The average molecular weight is 183 g/mol. The fourth-order valence-corrected chi connectivity index (χ4v) is 1.43. The topological polar surface area (TPSA) is 29.1 Å². The van der Waals surface area contributed by atoms with Crippen LogP contribution in [0.5, 0.6) is 0 Å². The minimum Gasteiger partial charge on any atom is -0.351 e. The SMILES string of the molecule is CC(C)CNC(=O)c1cccs1. The predicted octanol–water partition coefficient (Wildman–Crippen LogP) is 2.13. The van der Waals surface area contributed by atoms with Crippen molar-refractivity contribution in [2.75, 3.05) is 6.54 Å². The second-order valence-corrected chi connectivity index (χ2v) is 4.03. The van der Waals surface area contributed by atoms with Crippen LogP contribution in [0, 0.1) is 5.92 Å². The quantitative estimate of drug-likeness (QED) is 0.764. The van der Waals surface area contributed by atoms with Gasteiger partial charge in [-0.15, -0.1) is 11.3 Å². The Bertz CT molecular complexity index is 241. The Kier molecular flexibility index (Phi) is 3.29. The largest absolute Gasteiger partial charge is 0.351 e. The fourth-order valence-electron chi connectivity index (χ4n) is 0.792. The highest BCUT2D eigenvalue weighted by atomic mass is 32.1. The molecule has 0 aliphatic rings. The molecule has 0 saturated carbocycles. The number of thiophene rings is 1. The third-order valence-corrected chi connectivity index (χ3v) is 2.28. The van der Waals surface area contributed by atoms with Crippen molar-refractivity contribution in [1.82, 2.24) is 5.32 Å². The molecule has 0 unspecified atom stereocenters. The molecule has 0 saturated heterocycles. The first-order chi connectivity index (χ1) is 5.70. The molecule has 0 aromatic carbocycles. The number of hydrogen-bond donors (Lipinski definition) is 1. The number of hydrogen-bond acceptors (Lipinski definition) is 2. The van der Waals surface area contributed by atoms with Crippen LogP contribution in [0.15, 0.2) is 17.5 Å². The summed E-state index contributed by atoms with van der Waals surface area (Å²) in [5.74, 6) is 0.549. The van der Waals surface area contributed by atoms with E-state index in [1.165, 1.54) is 11.3 Å². The van der Waals surface area contributed by atoms with Crippen LogP contribution in [0.3, 0.4) is 0 Å². The smallest absolute Gasteiger partial charge is 0.261 e. The highest BCUT2D eigenvalue weighted by Crippen LogP contribution is 2.07. The van der Waals surface area contributed by atoms with Crippen molar-refractivity contribution in [3.8, 4) is 0 Å². The second kappa shape index (κ2) is 4.26. The lowest BCUT2D eigenvalue weighted by Crippen LogP contribution is -2.26. The van der Waals surface area contributed by atoms with E-state index in [9.17, 15) is 4.79 Å². The molecule has 1 aromatic rings. The molecule has 0 atom stereocenters. The summed E-state index contributed by atoms with van der Waals surface area (Å²) >= 11 is 1.47. The highest BCUT2D eigenvalue weighted by molar-refractivity contribution is 7.12. The van der Waals surface area contributed by atoms with Crippen LogP contribution in [0.25, 0.3) is 0 Å². The molecule has 12 heavy (non-hydrogen) atoms. The summed E-state index contributed by atoms with van der Waals surface area (Å²) in [5, 5.41) is 4.76. The monoisotopic (exact) mass is 183 g/mol. The van der Waals surface area contributed by atoms with E-state index in [1.54, 1.807) is 0 Å². The van der Waals surface area contributed by atoms with Gasteiger partial charge in [0.25, 0.3) is 5.91 Å². The molecular weight excluding hydrogens is 170 g/mol. The van der Waals surface area contributed by atoms with Gasteiger partial charge in [-0.2, -0.15) is 0 Å². The van der Waals surface area contributed by atoms with Gasteiger partial charge in [0.05, 0.1) is 4.88 Å². The second-order valence-electron chi connectivity index (χ2n) is 3.08. The molecule has 1 aromatic heterocycles. The molecule has 2 nitrogen and oxygen atoms in total. The van der Waals surface area contributed by atoms with E-state index in [4.69, 9.17) is 0 Å². The number of amides is 1. The molecule has 1 rings (SSSR count). The van der Waals surface area contributed by atoms with E-state index < -0.39 is 0 Å². The van der Waals surface area contributed by atoms with Crippen LogP contribution in [0.1, 0.15) is 23.5 Å². The van der Waals surface area contributed by atoms with Gasteiger partial charge in [-0.3, -0.25) is 4.79 Å². The summed E-state index contributed by atoms with van der Waals surface area (Å²) in [6, 6.07) is 3.72. The normalized spacial score (nSPS) is 10.2. The Morgan fingerprint density at radius 2 is 2.42 bits per heavy atom. The first-order valence-corrected chi connectivity index (χ1v) is 4.90. The summed E-state index contributed by atoms with van der Waals surface area (Å²) in [6.45, 7) is 4.90. The van der Waals surface area contributed by atoms with Gasteiger partial charge < -0.3 is 5.32 Å². The van der Waals surface area contributed by atoms with Gasteiger partial charge in [-0.1, -0.05) is 19.9 Å². The molecule has 0 spiro atoms. The van der Waals surface area contributed by atoms with E-state index in [1.807, 2.05) is 17.5 Å². The highest BCUT2D eigenvalue weighted by Gasteiger charge is 2.05. The lowest BCUT2D eigenvalue weighted by Gasteiger charge is -2.05. The maximum atomic E-state index is 11.3. The summed E-state index contributed by atoms with van der Waals surface area (Å²) in [4.78, 5) is 12.1. The van der Waals surface area contributed by atoms with Crippen molar-refractivity contribution in [2.24, 2.45) is 5.92 Å². The molecule has 0 bridgehead atoms. The van der Waals surface area contributed by atoms with E-state index in [2.05, 4.69) is 19.2 Å². The number of rotatable bonds is 3. The minimum atomic E-state index is 0.0405. The Labute approximate surface area is 76.6 Å². The van der Waals surface area contributed by atoms with Crippen LogP contribution in [0.4, 0.5) is 0 Å². The van der Waals surface area contributed by atoms with Gasteiger partial charge in [-0.05, 0) is 17.4 Å². The van der Waals surface area contributed by atoms with Crippen molar-refractivity contribution in [3.63, 3.8) is 0 Å². The van der Waals surface area contributed by atoms with Crippen molar-refractivity contribution in [3.05, 3.63) is 22.4 Å². The van der Waals surface area contributed by atoms with Crippen LogP contribution in [-0.2, 0) is 0 Å². The average Bonchev–Trinajstić information content (AvgIpc) is 2.51. The zero-order chi connectivity index (χ0) is 8.97. The first kappa shape index (κ1) is 9.26. The third-order valence-electron chi connectivity index (χ3n) is 1.42. The van der Waals surface area contributed by atoms with Crippen molar-refractivity contribution in [2.45, 2.75) is 13.8 Å². The maximum absolute atomic E-state index is 11.3. The molecule has 0 fully saturated rings. The first-order valence-electron chi connectivity index (χ1n) is 4.02. The summed E-state index contributed by atoms with van der Waals surface area (Å²) in [5.41, 5.74) is 0. The van der Waals surface area contributed by atoms with Gasteiger partial charge in [0.2, 0.25) is 0 Å². The van der Waals surface area contributed by atoms with Gasteiger partial charge in [0.15, 0.2) is 0 Å². The van der Waals surface area contributed by atoms with Crippen molar-refractivity contribution in [1.29, 1.82) is 0 Å². The van der Waals surface area contributed by atoms with Gasteiger partial charge >= 0.3 is 0 Å². The molecule has 0 radical (unpaired) electrons. The molecular formula is C9H13NOS.